The summed E-state index contributed by atoms with van der Waals surface area (Å²) in [5.41, 5.74) is 11.5. The molecular formula is C58H35N5S. The summed E-state index contributed by atoms with van der Waals surface area (Å²) in [6.07, 6.45) is 0. The van der Waals surface area contributed by atoms with Gasteiger partial charge in [0.15, 0.2) is 17.5 Å². The molecule has 298 valence electrons. The van der Waals surface area contributed by atoms with Crippen LogP contribution in [0.4, 0.5) is 0 Å². The smallest absolute Gasteiger partial charge is 0.164 e. The van der Waals surface area contributed by atoms with Crippen LogP contribution in [0.1, 0.15) is 0 Å². The minimum absolute atomic E-state index is 0.620. The van der Waals surface area contributed by atoms with Crippen LogP contribution in [-0.2, 0) is 0 Å². The van der Waals surface area contributed by atoms with Crippen LogP contribution in [-0.4, -0.2) is 24.5 Å². The molecule has 0 saturated heterocycles. The van der Waals surface area contributed by atoms with Gasteiger partial charge >= 0.3 is 0 Å². The molecule has 9 aromatic carbocycles. The Kier molecular flexibility index (Phi) is 8.32. The Morgan fingerprint density at radius 3 is 1.55 bits per heavy atom. The molecule has 0 fully saturated rings. The first-order valence-electron chi connectivity index (χ1n) is 21.5. The quantitative estimate of drug-likeness (QED) is 0.157. The van der Waals surface area contributed by atoms with Crippen molar-refractivity contribution < 1.29 is 0 Å². The maximum absolute atomic E-state index is 5.38. The van der Waals surface area contributed by atoms with E-state index >= 15 is 0 Å². The minimum Gasteiger partial charge on any atom is -0.309 e. The van der Waals surface area contributed by atoms with E-state index in [4.69, 9.17) is 19.9 Å². The van der Waals surface area contributed by atoms with Crippen molar-refractivity contribution in [1.82, 2.24) is 24.5 Å². The molecule has 6 heteroatoms. The third-order valence-corrected chi connectivity index (χ3v) is 13.6. The molecule has 5 nitrogen and oxygen atoms in total. The maximum atomic E-state index is 5.38. The first-order chi connectivity index (χ1) is 31.7. The standard InChI is InChI=1S/C58H35N5S/c1-2-13-39(14-3-1)56-60-57(62-58(61-56)43-17-12-18-44(33-43)63-50-22-9-6-19-45(50)46-20-7-10-23-51(46)63)40-31-27-37(28-32-40)36-25-29-38(30-26-36)54-53-47-21-8-11-24-52(47)64-55(53)48-34-41-15-4-5-16-42(41)35-49(48)59-54/h1-35H. The topological polar surface area (TPSA) is 56.5 Å². The van der Waals surface area contributed by atoms with Gasteiger partial charge in [-0.1, -0.05) is 170 Å². The Bertz CT molecular complexity index is 3890. The highest BCUT2D eigenvalue weighted by molar-refractivity contribution is 7.26. The van der Waals surface area contributed by atoms with Crippen molar-refractivity contribution in [1.29, 1.82) is 0 Å². The van der Waals surface area contributed by atoms with Gasteiger partial charge in [-0.2, -0.15) is 0 Å². The van der Waals surface area contributed by atoms with Crippen LogP contribution >= 0.6 is 11.3 Å². The molecule has 0 bridgehead atoms. The fourth-order valence-electron chi connectivity index (χ4n) is 9.33. The van der Waals surface area contributed by atoms with Gasteiger partial charge in [-0.3, -0.25) is 0 Å². The molecule has 0 aliphatic carbocycles. The molecule has 0 spiro atoms. The summed E-state index contributed by atoms with van der Waals surface area (Å²) in [6, 6.07) is 74.9. The maximum Gasteiger partial charge on any atom is 0.164 e. The second kappa shape index (κ2) is 14.7. The number of thiophene rings is 1. The van der Waals surface area contributed by atoms with Gasteiger partial charge in [0.2, 0.25) is 0 Å². The number of pyridine rings is 1. The van der Waals surface area contributed by atoms with Crippen molar-refractivity contribution in [2.45, 2.75) is 0 Å². The largest absolute Gasteiger partial charge is 0.309 e. The molecule has 4 heterocycles. The predicted octanol–water partition coefficient (Wildman–Crippen LogP) is 15.4. The highest BCUT2D eigenvalue weighted by atomic mass is 32.1. The molecule has 0 amide bonds. The van der Waals surface area contributed by atoms with Gasteiger partial charge in [0.1, 0.15) is 0 Å². The van der Waals surface area contributed by atoms with E-state index in [0.29, 0.717) is 17.5 Å². The van der Waals surface area contributed by atoms with Crippen LogP contribution in [0, 0.1) is 0 Å². The first kappa shape index (κ1) is 36.3. The molecule has 0 N–H and O–H groups in total. The van der Waals surface area contributed by atoms with Crippen molar-refractivity contribution in [2.24, 2.45) is 0 Å². The van der Waals surface area contributed by atoms with Crippen LogP contribution in [0.15, 0.2) is 212 Å². The third-order valence-electron chi connectivity index (χ3n) is 12.4. The molecule has 4 aromatic heterocycles. The van der Waals surface area contributed by atoms with Crippen LogP contribution in [0.2, 0.25) is 0 Å². The van der Waals surface area contributed by atoms with E-state index < -0.39 is 0 Å². The third kappa shape index (κ3) is 5.99. The van der Waals surface area contributed by atoms with Crippen LogP contribution in [0.5, 0.6) is 0 Å². The average Bonchev–Trinajstić information content (AvgIpc) is 3.93. The van der Waals surface area contributed by atoms with E-state index in [1.165, 1.54) is 47.1 Å². The van der Waals surface area contributed by atoms with E-state index in [1.54, 1.807) is 0 Å². The number of para-hydroxylation sites is 2. The van der Waals surface area contributed by atoms with E-state index in [-0.39, 0.29) is 0 Å². The minimum atomic E-state index is 0.620. The molecule has 13 rings (SSSR count). The number of benzene rings is 9. The van der Waals surface area contributed by atoms with Crippen LogP contribution < -0.4 is 0 Å². The van der Waals surface area contributed by atoms with Gasteiger partial charge < -0.3 is 4.57 Å². The van der Waals surface area contributed by atoms with Crippen molar-refractivity contribution >= 4 is 75.0 Å². The lowest BCUT2D eigenvalue weighted by atomic mass is 9.98. The van der Waals surface area contributed by atoms with Gasteiger partial charge in [0.05, 0.1) is 22.2 Å². The zero-order valence-corrected chi connectivity index (χ0v) is 35.2. The van der Waals surface area contributed by atoms with Gasteiger partial charge in [-0.15, -0.1) is 11.3 Å². The Hall–Kier alpha value is -8.32. The molecule has 0 aliphatic heterocycles. The van der Waals surface area contributed by atoms with E-state index in [1.807, 2.05) is 41.7 Å². The molecule has 64 heavy (non-hydrogen) atoms. The van der Waals surface area contributed by atoms with Gasteiger partial charge in [-0.25, -0.2) is 19.9 Å². The average molecular weight is 834 g/mol. The van der Waals surface area contributed by atoms with Crippen molar-refractivity contribution in [2.75, 3.05) is 0 Å². The fourth-order valence-corrected chi connectivity index (χ4v) is 10.6. The predicted molar refractivity (Wildman–Crippen MR) is 267 cm³/mol. The highest BCUT2D eigenvalue weighted by Gasteiger charge is 2.19. The lowest BCUT2D eigenvalue weighted by Crippen LogP contribution is -2.01. The number of nitrogens with zero attached hydrogens (tertiary/aromatic N) is 5. The van der Waals surface area contributed by atoms with E-state index in [2.05, 4.69) is 187 Å². The van der Waals surface area contributed by atoms with E-state index in [0.717, 1.165) is 61.3 Å². The second-order valence-corrected chi connectivity index (χ2v) is 17.3. The summed E-state index contributed by atoms with van der Waals surface area (Å²) in [6.45, 7) is 0. The lowest BCUT2D eigenvalue weighted by molar-refractivity contribution is 1.07. The summed E-state index contributed by atoms with van der Waals surface area (Å²) >= 11 is 1.85. The van der Waals surface area contributed by atoms with Crippen molar-refractivity contribution in [3.8, 4) is 62.2 Å². The molecule has 0 aliphatic rings. The Labute approximate surface area is 372 Å². The molecular weight excluding hydrogens is 799 g/mol. The normalized spacial score (nSPS) is 11.8. The molecule has 0 saturated carbocycles. The summed E-state index contributed by atoms with van der Waals surface area (Å²) in [7, 11) is 0. The molecule has 0 radical (unpaired) electrons. The zero-order chi connectivity index (χ0) is 42.1. The summed E-state index contributed by atoms with van der Waals surface area (Å²) in [4.78, 5) is 20.6. The van der Waals surface area contributed by atoms with Gasteiger partial charge in [0.25, 0.3) is 0 Å². The summed E-state index contributed by atoms with van der Waals surface area (Å²) < 4.78 is 4.87. The Morgan fingerprint density at radius 2 is 0.859 bits per heavy atom. The lowest BCUT2D eigenvalue weighted by Gasteiger charge is -2.12. The monoisotopic (exact) mass is 833 g/mol. The number of fused-ring (bicyclic) bond motifs is 9. The van der Waals surface area contributed by atoms with Crippen LogP contribution in [0.25, 0.3) is 126 Å². The second-order valence-electron chi connectivity index (χ2n) is 16.2. The highest BCUT2D eigenvalue weighted by Crippen LogP contribution is 2.44. The zero-order valence-electron chi connectivity index (χ0n) is 34.4. The fraction of sp³-hybridized carbons (Fsp3) is 0. The Morgan fingerprint density at radius 1 is 0.344 bits per heavy atom. The van der Waals surface area contributed by atoms with E-state index in [9.17, 15) is 0 Å². The number of hydrogen-bond acceptors (Lipinski definition) is 5. The van der Waals surface area contributed by atoms with Gasteiger partial charge in [0, 0.05) is 64.3 Å². The van der Waals surface area contributed by atoms with Crippen molar-refractivity contribution in [3.05, 3.63) is 212 Å². The Balaban J connectivity index is 0.873. The number of hydrogen-bond donors (Lipinski definition) is 0. The summed E-state index contributed by atoms with van der Waals surface area (Å²) in [5, 5.41) is 8.53. The van der Waals surface area contributed by atoms with Crippen molar-refractivity contribution in [3.63, 3.8) is 0 Å². The molecule has 13 aromatic rings. The molecule has 0 atom stereocenters. The SMILES string of the molecule is c1ccc(-c2nc(-c3ccc(-c4ccc(-c5nc6cc7ccccc7cc6c6sc7ccccc7c56)cc4)cc3)nc(-c3cccc(-n4c5ccccc5c5ccccc54)c3)n2)cc1. The summed E-state index contributed by atoms with van der Waals surface area (Å²) in [5.74, 6) is 1.87. The first-order valence-corrected chi connectivity index (χ1v) is 22.3. The van der Waals surface area contributed by atoms with Crippen LogP contribution in [0.3, 0.4) is 0 Å². The number of aromatic nitrogens is 5. The number of rotatable bonds is 6. The van der Waals surface area contributed by atoms with Gasteiger partial charge in [-0.05, 0) is 64.4 Å². The molecule has 0 unspecified atom stereocenters.